The molecule has 3 atom stereocenters. The lowest BCUT2D eigenvalue weighted by atomic mass is 9.75. The van der Waals surface area contributed by atoms with Crippen molar-refractivity contribution in [3.63, 3.8) is 0 Å². The number of rotatable bonds is 3. The number of carbonyl (C=O) groups is 7. The Morgan fingerprint density at radius 1 is 0.429 bits per heavy atom. The number of fused-ring (bicyclic) bond motifs is 5. The van der Waals surface area contributed by atoms with E-state index >= 15 is 0 Å². The average molecular weight is 1100 g/mol. The van der Waals surface area contributed by atoms with E-state index < -0.39 is 33.5 Å². The molecule has 3 saturated carbocycles. The maximum absolute atomic E-state index is 13.7. The number of allylic oxidation sites excluding steroid dienone is 2. The smallest absolute Gasteiger partial charge is 0.249 e. The van der Waals surface area contributed by atoms with E-state index in [9.17, 15) is 48.3 Å². The molecule has 6 aromatic heterocycles. The molecule has 1 aromatic carbocycles. The lowest BCUT2D eigenvalue weighted by Crippen LogP contribution is -2.48. The van der Waals surface area contributed by atoms with Gasteiger partial charge in [0.05, 0.1) is 31.7 Å². The van der Waals surface area contributed by atoms with Gasteiger partial charge < -0.3 is 5.11 Å². The Kier molecular flexibility index (Phi) is 8.96. The minimum Gasteiger partial charge on any atom is -0.872 e. The van der Waals surface area contributed by atoms with Crippen molar-refractivity contribution in [2.24, 2.45) is 17.8 Å². The first-order valence-corrected chi connectivity index (χ1v) is 29.7. The van der Waals surface area contributed by atoms with Crippen LogP contribution in [0.1, 0.15) is 0 Å². The zero-order valence-electron chi connectivity index (χ0n) is 34.6. The van der Waals surface area contributed by atoms with Crippen molar-refractivity contribution in [1.29, 1.82) is 0 Å². The van der Waals surface area contributed by atoms with E-state index in [4.69, 9.17) is 0 Å². The molecule has 15 rings (SSSR count). The summed E-state index contributed by atoms with van der Waals surface area (Å²) < 4.78 is 8.65. The SMILES string of the molecule is O=C1C=C([O-])C1=c1cc2sc(=C3C(=O)C(C4C=c5sc(=C6C(=O)C(C7C=c8sc(=C9C(=O)C(C%10C=c%11sc(=c%12c(=O)c(=c%13cc%14c(s%13)=CC=[S+]%14)c%12=O)cc%11S%10)C9=O)cc8S7)C6=O)cc5S4)C3=O)cc2s1. The number of ketones is 7. The lowest BCUT2D eigenvalue weighted by Gasteiger charge is -2.29. The largest absolute Gasteiger partial charge is 0.872 e. The molecule has 10 nitrogen and oxygen atoms in total. The molecular weight excluding hydrogens is 1080 g/mol. The minimum absolute atomic E-state index is 0.152. The second-order valence-corrected chi connectivity index (χ2v) is 28.5. The standard InChI is InChI=1S/C50H18O10S10/c51-13-3-14(52)34(13)25-5-17-18(63-25)6-27(64-17)37-45(55)38(46(37)56)29-9-21-22(67-29)10-31(68-21)41-49(59)42(50(41)60)33-12-24-23(70-33)11-32(69-24)40-47(57)39(48(40)58)30-8-20-19(66-30)7-28(65-20)36-43(53)35(44(36)54)26-4-16-15(62-26)1-2-61-16/h1-12,29-30,33,38-39,42H. The van der Waals surface area contributed by atoms with Crippen molar-refractivity contribution in [3.05, 3.63) is 124 Å². The van der Waals surface area contributed by atoms with Gasteiger partial charge in [0, 0.05) is 98.3 Å². The Balaban J connectivity index is 0.636. The van der Waals surface area contributed by atoms with Crippen LogP contribution in [0.2, 0.25) is 0 Å². The predicted molar refractivity (Wildman–Crippen MR) is 276 cm³/mol. The predicted octanol–water partition coefficient (Wildman–Crippen LogP) is 0.0153. The molecular formula is C50H18O10S10. The van der Waals surface area contributed by atoms with Gasteiger partial charge in [-0.05, 0) is 36.4 Å². The second kappa shape index (κ2) is 14.7. The molecule has 0 bridgehead atoms. The normalized spacial score (nSPS) is 25.6. The van der Waals surface area contributed by atoms with Crippen LogP contribution in [0.3, 0.4) is 0 Å². The summed E-state index contributed by atoms with van der Waals surface area (Å²) in [7, 11) is 0. The fourth-order valence-electron chi connectivity index (χ4n) is 10.0. The molecule has 20 heteroatoms. The van der Waals surface area contributed by atoms with E-state index in [0.717, 1.165) is 53.2 Å². The first-order chi connectivity index (χ1) is 33.8. The van der Waals surface area contributed by atoms with Crippen LogP contribution in [-0.4, -0.2) is 61.6 Å². The van der Waals surface area contributed by atoms with Crippen LogP contribution in [0.5, 0.6) is 0 Å². The topological polar surface area (TPSA) is 177 Å². The van der Waals surface area contributed by atoms with Crippen LogP contribution in [0.4, 0.5) is 0 Å². The molecule has 3 unspecified atom stereocenters. The fraction of sp³-hybridized carbons (Fsp3) is 0.120. The summed E-state index contributed by atoms with van der Waals surface area (Å²) in [5.74, 6) is -4.56. The maximum atomic E-state index is 13.7. The molecule has 4 aliphatic heterocycles. The Hall–Kier alpha value is -5.13. The minimum atomic E-state index is -0.860. The van der Waals surface area contributed by atoms with Gasteiger partial charge in [0.1, 0.15) is 17.8 Å². The molecule has 338 valence electrons. The molecule has 8 aliphatic rings. The van der Waals surface area contributed by atoms with Crippen molar-refractivity contribution in [2.75, 3.05) is 0 Å². The number of carbonyl (C=O) groups excluding carboxylic acids is 7. The molecule has 0 spiro atoms. The van der Waals surface area contributed by atoms with E-state index in [-0.39, 0.29) is 89.8 Å². The van der Waals surface area contributed by atoms with Crippen molar-refractivity contribution in [2.45, 2.75) is 35.3 Å². The molecule has 0 amide bonds. The first kappa shape index (κ1) is 42.5. The zero-order valence-corrected chi connectivity index (χ0v) is 42.7. The fourth-order valence-corrected chi connectivity index (χ4v) is 23.0. The molecule has 0 saturated heterocycles. The average Bonchev–Trinajstić information content (AvgIpc) is 4.14. The van der Waals surface area contributed by atoms with Gasteiger partial charge in [0.25, 0.3) is 0 Å². The highest BCUT2D eigenvalue weighted by Gasteiger charge is 2.53. The van der Waals surface area contributed by atoms with Gasteiger partial charge in [-0.2, -0.15) is 0 Å². The molecule has 70 heavy (non-hydrogen) atoms. The van der Waals surface area contributed by atoms with E-state index in [1.54, 1.807) is 35.6 Å². The summed E-state index contributed by atoms with van der Waals surface area (Å²) in [5, 5.41) is 13.0. The number of hydrogen-bond donors (Lipinski definition) is 0. The zero-order chi connectivity index (χ0) is 47.5. The van der Waals surface area contributed by atoms with Gasteiger partial charge in [-0.3, -0.25) is 43.2 Å². The van der Waals surface area contributed by atoms with Crippen LogP contribution in [-0.2, 0) is 44.9 Å². The van der Waals surface area contributed by atoms with Gasteiger partial charge in [-0.1, -0.05) is 24.0 Å². The van der Waals surface area contributed by atoms with Gasteiger partial charge in [-0.15, -0.1) is 103 Å². The molecule has 3 fully saturated rings. The van der Waals surface area contributed by atoms with Gasteiger partial charge in [0.15, 0.2) is 45.9 Å². The molecule has 4 aliphatic carbocycles. The van der Waals surface area contributed by atoms with E-state index in [1.165, 1.54) is 103 Å². The van der Waals surface area contributed by atoms with Crippen molar-refractivity contribution in [1.82, 2.24) is 0 Å². The van der Waals surface area contributed by atoms with E-state index in [2.05, 4.69) is 0 Å². The molecule has 0 radical (unpaired) electrons. The van der Waals surface area contributed by atoms with Crippen LogP contribution >= 0.6 is 103 Å². The summed E-state index contributed by atoms with van der Waals surface area (Å²) in [6, 6.07) is 10.8. The number of hydrogen-bond acceptors (Lipinski definition) is 19. The number of thiophene rings is 6. The Morgan fingerprint density at radius 2 is 0.814 bits per heavy atom. The van der Waals surface area contributed by atoms with Crippen LogP contribution in [0.25, 0.3) is 56.0 Å². The van der Waals surface area contributed by atoms with Crippen molar-refractivity contribution in [3.8, 4) is 0 Å². The van der Waals surface area contributed by atoms with E-state index in [0.29, 0.717) is 27.2 Å². The quantitative estimate of drug-likeness (QED) is 0.132. The molecule has 7 aromatic rings. The third kappa shape index (κ3) is 5.73. The summed E-state index contributed by atoms with van der Waals surface area (Å²) in [5.41, 5.74) is 0.140. The summed E-state index contributed by atoms with van der Waals surface area (Å²) in [4.78, 5) is 123. The summed E-state index contributed by atoms with van der Waals surface area (Å²) in [6.45, 7) is 0. The highest BCUT2D eigenvalue weighted by atomic mass is 32.2. The number of thioether (sulfide) groups is 3. The van der Waals surface area contributed by atoms with Gasteiger partial charge >= 0.3 is 0 Å². The highest BCUT2D eigenvalue weighted by molar-refractivity contribution is 8.01. The summed E-state index contributed by atoms with van der Waals surface area (Å²) in [6.07, 6.45) is 8.67. The summed E-state index contributed by atoms with van der Waals surface area (Å²) >= 11 is 13.7. The van der Waals surface area contributed by atoms with E-state index in [1.807, 2.05) is 41.8 Å². The Morgan fingerprint density at radius 3 is 1.23 bits per heavy atom. The van der Waals surface area contributed by atoms with Crippen molar-refractivity contribution >= 4 is 217 Å². The van der Waals surface area contributed by atoms with Crippen molar-refractivity contribution < 1.29 is 38.7 Å². The first-order valence-electron chi connectivity index (χ1n) is 21.3. The van der Waals surface area contributed by atoms with Gasteiger partial charge in [-0.25, -0.2) is 0 Å². The lowest BCUT2D eigenvalue weighted by molar-refractivity contribution is -0.294. The molecule has 10 heterocycles. The number of Topliss-reactive ketones (excluding diaryl/α,β-unsaturated/α-hetero) is 6. The third-order valence-corrected chi connectivity index (χ3v) is 25.6. The Labute approximate surface area is 428 Å². The molecule has 0 N–H and O–H groups in total. The second-order valence-electron chi connectivity index (χ2n) is 17.4. The van der Waals surface area contributed by atoms with Crippen LogP contribution in [0, 0.1) is 37.3 Å². The van der Waals surface area contributed by atoms with Crippen LogP contribution in [0.15, 0.2) is 77.4 Å². The van der Waals surface area contributed by atoms with Crippen LogP contribution < -0.4 is 52.2 Å². The monoisotopic (exact) mass is 1100 g/mol. The maximum Gasteiger partial charge on any atom is 0.249 e. The van der Waals surface area contributed by atoms with Gasteiger partial charge in [0.2, 0.25) is 27.1 Å². The highest BCUT2D eigenvalue weighted by Crippen LogP contribution is 2.44. The third-order valence-electron chi connectivity index (χ3n) is 13.6. The Bertz CT molecular complexity index is 4720.